The lowest BCUT2D eigenvalue weighted by molar-refractivity contribution is -0.385. The zero-order chi connectivity index (χ0) is 14.4. The van der Waals surface area contributed by atoms with Gasteiger partial charge in [0.25, 0.3) is 5.69 Å². The van der Waals surface area contributed by atoms with E-state index in [9.17, 15) is 10.1 Å². The van der Waals surface area contributed by atoms with Gasteiger partial charge in [-0.3, -0.25) is 10.1 Å². The average molecular weight is 286 g/mol. The van der Waals surface area contributed by atoms with Crippen molar-refractivity contribution in [3.63, 3.8) is 0 Å². The molecule has 19 heavy (non-hydrogen) atoms. The molecule has 1 aromatic heterocycles. The normalized spacial score (nSPS) is 13.3. The maximum Gasteiger partial charge on any atom is 0.288 e. The van der Waals surface area contributed by atoms with Crippen molar-refractivity contribution in [2.45, 2.75) is 23.6 Å². The van der Waals surface area contributed by atoms with Gasteiger partial charge in [-0.2, -0.15) is 0 Å². The van der Waals surface area contributed by atoms with Crippen LogP contribution in [0.2, 0.25) is 0 Å². The first kappa shape index (κ1) is 15.2. The minimum atomic E-state index is -0.604. The Bertz CT molecular complexity index is 494. The fourth-order valence-corrected chi connectivity index (χ4v) is 2.31. The van der Waals surface area contributed by atoms with Crippen molar-refractivity contribution in [2.75, 3.05) is 6.61 Å². The van der Waals surface area contributed by atoms with Crippen molar-refractivity contribution in [1.29, 1.82) is 0 Å². The number of hydrogen-bond acceptors (Lipinski definition) is 7. The summed E-state index contributed by atoms with van der Waals surface area (Å²) >= 11 is 1.29. The first-order valence-electron chi connectivity index (χ1n) is 5.39. The Morgan fingerprint density at radius 3 is 2.95 bits per heavy atom. The van der Waals surface area contributed by atoms with E-state index in [1.807, 2.05) is 6.92 Å². The molecule has 1 heterocycles. The van der Waals surface area contributed by atoms with Crippen LogP contribution in [0, 0.1) is 10.1 Å². The van der Waals surface area contributed by atoms with Crippen molar-refractivity contribution in [1.82, 2.24) is 4.98 Å². The van der Waals surface area contributed by atoms with Crippen LogP contribution in [0.3, 0.4) is 0 Å². The van der Waals surface area contributed by atoms with Gasteiger partial charge in [-0.15, -0.1) is 11.8 Å². The lowest BCUT2D eigenvalue weighted by Crippen LogP contribution is -2.16. The molecule has 0 aliphatic heterocycles. The zero-order valence-corrected chi connectivity index (χ0v) is 11.0. The number of nitro groups is 1. The molecule has 0 amide bonds. The lowest BCUT2D eigenvalue weighted by atomic mass is 10.2. The molecule has 0 fully saturated rings. The van der Waals surface area contributed by atoms with Gasteiger partial charge < -0.3 is 16.0 Å². The molecule has 4 N–H and O–H groups in total. The van der Waals surface area contributed by atoms with Crippen molar-refractivity contribution < 1.29 is 15.2 Å². The summed E-state index contributed by atoms with van der Waals surface area (Å²) in [5.41, 5.74) is 5.45. The molecule has 0 saturated heterocycles. The van der Waals surface area contributed by atoms with Crippen LogP contribution in [0.15, 0.2) is 22.4 Å². The second-order valence-corrected chi connectivity index (χ2v) is 5.16. The number of nitrogens with zero attached hydrogens (tertiary/aromatic N) is 3. The van der Waals surface area contributed by atoms with Crippen LogP contribution < -0.4 is 5.73 Å². The summed E-state index contributed by atoms with van der Waals surface area (Å²) in [6.45, 7) is 1.90. The number of nitrogens with two attached hydrogens (primary N) is 1. The van der Waals surface area contributed by atoms with Gasteiger partial charge in [0, 0.05) is 17.9 Å². The van der Waals surface area contributed by atoms with Gasteiger partial charge >= 0.3 is 0 Å². The highest BCUT2D eigenvalue weighted by Crippen LogP contribution is 2.28. The molecule has 1 aromatic rings. The number of hydrogen-bond donors (Lipinski definition) is 3. The van der Waals surface area contributed by atoms with E-state index >= 15 is 0 Å². The number of aliphatic hydroxyl groups excluding tert-OH is 1. The minimum absolute atomic E-state index is 0.0278. The van der Waals surface area contributed by atoms with Crippen LogP contribution in [0.1, 0.15) is 18.9 Å². The van der Waals surface area contributed by atoms with Crippen molar-refractivity contribution >= 4 is 23.3 Å². The van der Waals surface area contributed by atoms with Gasteiger partial charge in [0.05, 0.1) is 10.5 Å². The first-order chi connectivity index (χ1) is 8.99. The quantitative estimate of drug-likeness (QED) is 0.177. The molecule has 0 aliphatic carbocycles. The highest BCUT2D eigenvalue weighted by Gasteiger charge is 2.17. The van der Waals surface area contributed by atoms with E-state index in [1.165, 1.54) is 17.8 Å². The number of oxime groups is 1. The second-order valence-electron chi connectivity index (χ2n) is 3.73. The molecule has 0 spiro atoms. The monoisotopic (exact) mass is 286 g/mol. The highest BCUT2D eigenvalue weighted by atomic mass is 32.2. The number of aliphatic hydroxyl groups is 1. The molecule has 104 valence electrons. The number of amidine groups is 1. The van der Waals surface area contributed by atoms with E-state index < -0.39 is 4.92 Å². The predicted octanol–water partition coefficient (Wildman–Crippen LogP) is 0.947. The Morgan fingerprint density at radius 1 is 1.74 bits per heavy atom. The van der Waals surface area contributed by atoms with Crippen LogP contribution >= 0.6 is 11.8 Å². The molecule has 8 nitrogen and oxygen atoms in total. The fraction of sp³-hybridized carbons (Fsp3) is 0.400. The fourth-order valence-electron chi connectivity index (χ4n) is 1.30. The summed E-state index contributed by atoms with van der Waals surface area (Å²) < 4.78 is 0. The molecule has 0 radical (unpaired) electrons. The number of rotatable bonds is 6. The third-order valence-corrected chi connectivity index (χ3v) is 3.47. The Morgan fingerprint density at radius 2 is 2.42 bits per heavy atom. The largest absolute Gasteiger partial charge is 0.409 e. The third-order valence-electron chi connectivity index (χ3n) is 2.28. The van der Waals surface area contributed by atoms with E-state index in [1.54, 1.807) is 0 Å². The van der Waals surface area contributed by atoms with E-state index in [0.29, 0.717) is 11.4 Å². The molecule has 1 atom stereocenters. The maximum absolute atomic E-state index is 10.7. The van der Waals surface area contributed by atoms with Gasteiger partial charge in [0.1, 0.15) is 11.2 Å². The van der Waals surface area contributed by atoms with Gasteiger partial charge in [0.2, 0.25) is 0 Å². The van der Waals surface area contributed by atoms with Gasteiger partial charge in [0.15, 0.2) is 5.84 Å². The summed E-state index contributed by atoms with van der Waals surface area (Å²) in [7, 11) is 0. The number of thioether (sulfide) groups is 1. The van der Waals surface area contributed by atoms with Crippen molar-refractivity contribution in [3.8, 4) is 0 Å². The van der Waals surface area contributed by atoms with Crippen LogP contribution in [0.4, 0.5) is 5.69 Å². The lowest BCUT2D eigenvalue weighted by Gasteiger charge is -2.11. The smallest absolute Gasteiger partial charge is 0.288 e. The standard InChI is InChI=1S/C10H14N4O4S/c1-6(2-3-15)19-10-8(9(11)13-16)4-7(5-12-10)14(17)18/h4-6,15-16H,2-3H2,1H3,(H2,11,13). The molecule has 0 saturated carbocycles. The number of aromatic nitrogens is 1. The topological polar surface area (TPSA) is 135 Å². The molecule has 0 bridgehead atoms. The van der Waals surface area contributed by atoms with Crippen molar-refractivity contribution in [2.24, 2.45) is 10.9 Å². The molecular formula is C10H14N4O4S. The van der Waals surface area contributed by atoms with Crippen molar-refractivity contribution in [3.05, 3.63) is 27.9 Å². The first-order valence-corrected chi connectivity index (χ1v) is 6.27. The summed E-state index contributed by atoms with van der Waals surface area (Å²) in [6.07, 6.45) is 1.65. The molecule has 1 unspecified atom stereocenters. The van der Waals surface area contributed by atoms with E-state index in [-0.39, 0.29) is 28.9 Å². The van der Waals surface area contributed by atoms with E-state index in [2.05, 4.69) is 10.1 Å². The average Bonchev–Trinajstić information content (AvgIpc) is 2.38. The Balaban J connectivity index is 3.12. The highest BCUT2D eigenvalue weighted by molar-refractivity contribution is 7.99. The van der Waals surface area contributed by atoms with Crippen LogP contribution in [-0.4, -0.2) is 37.9 Å². The van der Waals surface area contributed by atoms with Gasteiger partial charge in [-0.05, 0) is 6.42 Å². The van der Waals surface area contributed by atoms with E-state index in [4.69, 9.17) is 16.0 Å². The summed E-state index contributed by atoms with van der Waals surface area (Å²) in [5.74, 6) is -0.241. The Hall–Kier alpha value is -1.87. The Kier molecular flexibility index (Phi) is 5.52. The number of pyridine rings is 1. The molecular weight excluding hydrogens is 272 g/mol. The second kappa shape index (κ2) is 6.90. The minimum Gasteiger partial charge on any atom is -0.409 e. The summed E-state index contributed by atoms with van der Waals surface area (Å²) in [4.78, 5) is 14.0. The molecule has 0 aromatic carbocycles. The summed E-state index contributed by atoms with van der Waals surface area (Å²) in [6, 6.07) is 1.20. The van der Waals surface area contributed by atoms with Crippen LogP contribution in [0.25, 0.3) is 0 Å². The third kappa shape index (κ3) is 4.07. The summed E-state index contributed by atoms with van der Waals surface area (Å²) in [5, 5.41) is 31.5. The van der Waals surface area contributed by atoms with E-state index in [0.717, 1.165) is 6.20 Å². The maximum atomic E-state index is 10.7. The SMILES string of the molecule is CC(CCO)Sc1ncc([N+](=O)[O-])cc1C(N)=NO. The Labute approximate surface area is 113 Å². The molecule has 1 rings (SSSR count). The van der Waals surface area contributed by atoms with Crippen LogP contribution in [0.5, 0.6) is 0 Å². The van der Waals surface area contributed by atoms with Gasteiger partial charge in [-0.1, -0.05) is 12.1 Å². The zero-order valence-electron chi connectivity index (χ0n) is 10.2. The van der Waals surface area contributed by atoms with Gasteiger partial charge in [-0.25, -0.2) is 4.98 Å². The predicted molar refractivity (Wildman–Crippen MR) is 70.4 cm³/mol. The molecule has 9 heteroatoms. The molecule has 0 aliphatic rings. The van der Waals surface area contributed by atoms with Crippen LogP contribution in [-0.2, 0) is 0 Å².